The molecule has 0 N–H and O–H groups in total. The SMILES string of the molecule is CCOc1cc(C=C2SC(=O)N(Cc3ccc(C(=O)OC)o3)C2=O)ccc1OCc1ccccc1. The van der Waals surface area contributed by atoms with E-state index in [1.54, 1.807) is 24.3 Å². The number of benzene rings is 2. The monoisotopic (exact) mass is 493 g/mol. The molecule has 0 radical (unpaired) electrons. The molecule has 2 heterocycles. The minimum Gasteiger partial charge on any atom is -0.490 e. The number of ether oxygens (including phenoxy) is 3. The Morgan fingerprint density at radius 2 is 1.83 bits per heavy atom. The summed E-state index contributed by atoms with van der Waals surface area (Å²) in [5.41, 5.74) is 1.72. The lowest BCUT2D eigenvalue weighted by atomic mass is 10.1. The number of amides is 2. The van der Waals surface area contributed by atoms with Crippen molar-refractivity contribution in [3.05, 3.63) is 88.2 Å². The Bertz CT molecular complexity index is 1270. The van der Waals surface area contributed by atoms with E-state index in [0.29, 0.717) is 36.0 Å². The lowest BCUT2D eigenvalue weighted by molar-refractivity contribution is -0.123. The van der Waals surface area contributed by atoms with E-state index in [0.717, 1.165) is 22.2 Å². The zero-order valence-corrected chi connectivity index (χ0v) is 20.0. The molecular formula is C26H23NO7S. The highest BCUT2D eigenvalue weighted by Crippen LogP contribution is 2.35. The first-order valence-corrected chi connectivity index (χ1v) is 11.7. The first-order valence-electron chi connectivity index (χ1n) is 10.8. The van der Waals surface area contributed by atoms with Crippen LogP contribution in [0.15, 0.2) is 70.0 Å². The number of thioether (sulfide) groups is 1. The van der Waals surface area contributed by atoms with E-state index in [2.05, 4.69) is 4.74 Å². The number of nitrogens with zero attached hydrogens (tertiary/aromatic N) is 1. The van der Waals surface area contributed by atoms with Gasteiger partial charge in [-0.2, -0.15) is 0 Å². The summed E-state index contributed by atoms with van der Waals surface area (Å²) < 4.78 is 21.6. The Hall–Kier alpha value is -3.98. The van der Waals surface area contributed by atoms with Gasteiger partial charge >= 0.3 is 5.97 Å². The third-order valence-electron chi connectivity index (χ3n) is 5.04. The van der Waals surface area contributed by atoms with Crippen molar-refractivity contribution >= 4 is 35.0 Å². The molecule has 9 heteroatoms. The maximum Gasteiger partial charge on any atom is 0.373 e. The van der Waals surface area contributed by atoms with Crippen LogP contribution in [0.2, 0.25) is 0 Å². The third-order valence-corrected chi connectivity index (χ3v) is 5.95. The molecule has 3 aromatic rings. The van der Waals surface area contributed by atoms with Gasteiger partial charge in [0.25, 0.3) is 11.1 Å². The van der Waals surface area contributed by atoms with Crippen LogP contribution in [0.25, 0.3) is 6.08 Å². The molecule has 0 spiro atoms. The van der Waals surface area contributed by atoms with Crippen LogP contribution in [-0.4, -0.2) is 35.7 Å². The third kappa shape index (κ3) is 5.75. The molecule has 0 unspecified atom stereocenters. The van der Waals surface area contributed by atoms with Gasteiger partial charge in [-0.1, -0.05) is 36.4 Å². The average Bonchev–Trinajstić information content (AvgIpc) is 3.44. The van der Waals surface area contributed by atoms with Crippen molar-refractivity contribution in [2.24, 2.45) is 0 Å². The molecule has 1 fully saturated rings. The largest absolute Gasteiger partial charge is 0.490 e. The molecular weight excluding hydrogens is 470 g/mol. The van der Waals surface area contributed by atoms with Gasteiger partial charge in [0.1, 0.15) is 12.4 Å². The second kappa shape index (κ2) is 11.0. The van der Waals surface area contributed by atoms with E-state index < -0.39 is 17.1 Å². The molecule has 35 heavy (non-hydrogen) atoms. The standard InChI is InChI=1S/C26H23NO7S/c1-3-32-22-13-18(9-11-20(22)33-16-17-7-5-4-6-8-17)14-23-24(28)27(26(30)35-23)15-19-10-12-21(34-19)25(29)31-2/h4-14H,3,15-16H2,1-2H3. The first kappa shape index (κ1) is 24.2. The Kier molecular flexibility index (Phi) is 7.57. The molecule has 1 aliphatic rings. The summed E-state index contributed by atoms with van der Waals surface area (Å²) in [6, 6.07) is 18.1. The number of esters is 1. The van der Waals surface area contributed by atoms with Gasteiger partial charge in [-0.15, -0.1) is 0 Å². The number of carbonyl (C=O) groups is 3. The fraction of sp³-hybridized carbons (Fsp3) is 0.192. The maximum absolute atomic E-state index is 12.9. The van der Waals surface area contributed by atoms with Gasteiger partial charge in [0.15, 0.2) is 11.5 Å². The average molecular weight is 494 g/mol. The van der Waals surface area contributed by atoms with Crippen molar-refractivity contribution in [1.29, 1.82) is 0 Å². The van der Waals surface area contributed by atoms with Crippen LogP contribution in [0, 0.1) is 0 Å². The van der Waals surface area contributed by atoms with E-state index >= 15 is 0 Å². The van der Waals surface area contributed by atoms with Crippen LogP contribution in [0.4, 0.5) is 4.79 Å². The van der Waals surface area contributed by atoms with Gasteiger partial charge in [-0.05, 0) is 60.2 Å². The van der Waals surface area contributed by atoms with Crippen molar-refractivity contribution in [2.45, 2.75) is 20.1 Å². The van der Waals surface area contributed by atoms with Crippen molar-refractivity contribution in [1.82, 2.24) is 4.90 Å². The first-order chi connectivity index (χ1) is 17.0. The molecule has 2 amide bonds. The van der Waals surface area contributed by atoms with E-state index in [9.17, 15) is 14.4 Å². The van der Waals surface area contributed by atoms with E-state index in [1.165, 1.54) is 19.2 Å². The van der Waals surface area contributed by atoms with Crippen LogP contribution in [0.5, 0.6) is 11.5 Å². The lowest BCUT2D eigenvalue weighted by Gasteiger charge is -2.13. The molecule has 0 atom stereocenters. The van der Waals surface area contributed by atoms with Gasteiger partial charge in [0, 0.05) is 0 Å². The zero-order chi connectivity index (χ0) is 24.8. The van der Waals surface area contributed by atoms with Gasteiger partial charge in [0.05, 0.1) is 25.2 Å². The molecule has 1 aliphatic heterocycles. The number of hydrogen-bond acceptors (Lipinski definition) is 8. The molecule has 0 saturated carbocycles. The molecule has 8 nitrogen and oxygen atoms in total. The summed E-state index contributed by atoms with van der Waals surface area (Å²) in [6.45, 7) is 2.62. The second-order valence-electron chi connectivity index (χ2n) is 7.44. The smallest absolute Gasteiger partial charge is 0.373 e. The summed E-state index contributed by atoms with van der Waals surface area (Å²) in [6.07, 6.45) is 1.64. The molecule has 0 aliphatic carbocycles. The van der Waals surface area contributed by atoms with Crippen LogP contribution in [0.1, 0.15) is 34.4 Å². The lowest BCUT2D eigenvalue weighted by Crippen LogP contribution is -2.27. The Morgan fingerprint density at radius 3 is 2.57 bits per heavy atom. The fourth-order valence-corrected chi connectivity index (χ4v) is 4.19. The summed E-state index contributed by atoms with van der Waals surface area (Å²) >= 11 is 0.838. The minimum atomic E-state index is -0.633. The van der Waals surface area contributed by atoms with E-state index in [4.69, 9.17) is 13.9 Å². The minimum absolute atomic E-state index is 0.00281. The molecule has 1 saturated heterocycles. The highest BCUT2D eigenvalue weighted by atomic mass is 32.2. The number of furan rings is 1. The van der Waals surface area contributed by atoms with Gasteiger partial charge in [-0.25, -0.2) is 4.79 Å². The van der Waals surface area contributed by atoms with Gasteiger partial charge in [-0.3, -0.25) is 14.5 Å². The molecule has 2 aromatic carbocycles. The molecule has 1 aromatic heterocycles. The van der Waals surface area contributed by atoms with Crippen LogP contribution in [0.3, 0.4) is 0 Å². The Morgan fingerprint density at radius 1 is 1.03 bits per heavy atom. The van der Waals surface area contributed by atoms with E-state index in [1.807, 2.05) is 37.3 Å². The number of hydrogen-bond donors (Lipinski definition) is 0. The number of rotatable bonds is 9. The quantitative estimate of drug-likeness (QED) is 0.293. The van der Waals surface area contributed by atoms with Crippen molar-refractivity contribution in [3.8, 4) is 11.5 Å². The normalized spacial score (nSPS) is 14.5. The number of carbonyl (C=O) groups excluding carboxylic acids is 3. The summed E-state index contributed by atoms with van der Waals surface area (Å²) in [5.74, 6) is 0.350. The second-order valence-corrected chi connectivity index (χ2v) is 8.43. The number of methoxy groups -OCH3 is 1. The van der Waals surface area contributed by atoms with Gasteiger partial charge in [0.2, 0.25) is 5.76 Å². The van der Waals surface area contributed by atoms with Crippen molar-refractivity contribution < 1.29 is 33.0 Å². The topological polar surface area (TPSA) is 95.3 Å². The van der Waals surface area contributed by atoms with Crippen molar-refractivity contribution in [2.75, 3.05) is 13.7 Å². The molecule has 4 rings (SSSR count). The summed E-state index contributed by atoms with van der Waals surface area (Å²) in [5, 5.41) is -0.426. The highest BCUT2D eigenvalue weighted by molar-refractivity contribution is 8.18. The maximum atomic E-state index is 12.9. The van der Waals surface area contributed by atoms with Crippen molar-refractivity contribution in [3.63, 3.8) is 0 Å². The summed E-state index contributed by atoms with van der Waals surface area (Å²) in [7, 11) is 1.24. The van der Waals surface area contributed by atoms with Crippen LogP contribution >= 0.6 is 11.8 Å². The Balaban J connectivity index is 1.48. The molecule has 0 bridgehead atoms. The van der Waals surface area contributed by atoms with Crippen LogP contribution in [-0.2, 0) is 22.7 Å². The Labute approximate surface area is 206 Å². The summed E-state index contributed by atoms with van der Waals surface area (Å²) in [4.78, 5) is 38.3. The number of imide groups is 1. The predicted molar refractivity (Wildman–Crippen MR) is 130 cm³/mol. The van der Waals surface area contributed by atoms with Gasteiger partial charge < -0.3 is 18.6 Å². The fourth-order valence-electron chi connectivity index (χ4n) is 3.35. The highest BCUT2D eigenvalue weighted by Gasteiger charge is 2.35. The predicted octanol–water partition coefficient (Wildman–Crippen LogP) is 5.28. The zero-order valence-electron chi connectivity index (χ0n) is 19.2. The van der Waals surface area contributed by atoms with Crippen LogP contribution < -0.4 is 9.47 Å². The van der Waals surface area contributed by atoms with E-state index in [-0.39, 0.29) is 17.2 Å². The molecule has 180 valence electrons.